The van der Waals surface area contributed by atoms with Crippen LogP contribution in [0.3, 0.4) is 0 Å². The lowest BCUT2D eigenvalue weighted by atomic mass is 10.2. The zero-order valence-corrected chi connectivity index (χ0v) is 11.7. The van der Waals surface area contributed by atoms with Crippen LogP contribution in [-0.4, -0.2) is 22.0 Å². The summed E-state index contributed by atoms with van der Waals surface area (Å²) in [5.41, 5.74) is 0.751. The van der Waals surface area contributed by atoms with Gasteiger partial charge >= 0.3 is 5.97 Å². The monoisotopic (exact) mass is 290 g/mol. The van der Waals surface area contributed by atoms with Gasteiger partial charge in [0, 0.05) is 17.6 Å². The summed E-state index contributed by atoms with van der Waals surface area (Å²) in [4.78, 5) is 28.2. The molecule has 0 saturated heterocycles. The summed E-state index contributed by atoms with van der Waals surface area (Å²) in [7, 11) is 0. The summed E-state index contributed by atoms with van der Waals surface area (Å²) in [5.74, 6) is -1.19. The lowest BCUT2D eigenvalue weighted by Gasteiger charge is -2.03. The van der Waals surface area contributed by atoms with Crippen LogP contribution in [0, 0.1) is 0 Å². The summed E-state index contributed by atoms with van der Waals surface area (Å²) < 4.78 is 0. The molecule has 0 fully saturated rings. The van der Waals surface area contributed by atoms with Gasteiger partial charge in [-0.05, 0) is 30.2 Å². The number of hydrogen-bond donors (Lipinski definition) is 2. The predicted molar refractivity (Wildman–Crippen MR) is 76.1 cm³/mol. The van der Waals surface area contributed by atoms with Crippen LogP contribution in [0.4, 0.5) is 0 Å². The molecule has 2 rings (SSSR count). The van der Waals surface area contributed by atoms with Crippen molar-refractivity contribution in [2.24, 2.45) is 0 Å². The van der Waals surface area contributed by atoms with E-state index < -0.39 is 5.97 Å². The molecule has 2 aromatic heterocycles. The first-order valence-electron chi connectivity index (χ1n) is 6.15. The minimum Gasteiger partial charge on any atom is -0.477 e. The van der Waals surface area contributed by atoms with E-state index in [2.05, 4.69) is 10.3 Å². The summed E-state index contributed by atoms with van der Waals surface area (Å²) in [5, 5.41) is 11.5. The zero-order chi connectivity index (χ0) is 14.5. The van der Waals surface area contributed by atoms with Crippen molar-refractivity contribution in [2.75, 3.05) is 0 Å². The Kier molecular flexibility index (Phi) is 4.47. The maximum atomic E-state index is 11.9. The molecule has 0 aliphatic carbocycles. The summed E-state index contributed by atoms with van der Waals surface area (Å²) in [6.45, 7) is 2.37. The molecule has 0 saturated carbocycles. The summed E-state index contributed by atoms with van der Waals surface area (Å²) in [6, 6.07) is 6.82. The predicted octanol–water partition coefficient (Wildman–Crippen LogP) is 2.33. The Labute approximate surface area is 120 Å². The number of pyridine rings is 1. The van der Waals surface area contributed by atoms with Gasteiger partial charge in [0.2, 0.25) is 0 Å². The number of aryl methyl sites for hydroxylation is 1. The van der Waals surface area contributed by atoms with Gasteiger partial charge in [-0.25, -0.2) is 9.78 Å². The van der Waals surface area contributed by atoms with E-state index in [0.717, 1.165) is 12.0 Å². The third-order valence-corrected chi connectivity index (χ3v) is 3.96. The first-order valence-corrected chi connectivity index (χ1v) is 6.97. The van der Waals surface area contributed by atoms with Gasteiger partial charge < -0.3 is 10.4 Å². The Morgan fingerprint density at radius 1 is 1.30 bits per heavy atom. The van der Waals surface area contributed by atoms with Crippen LogP contribution in [0.1, 0.15) is 37.5 Å². The van der Waals surface area contributed by atoms with Crippen molar-refractivity contribution in [1.29, 1.82) is 0 Å². The Hall–Kier alpha value is -2.21. The smallest absolute Gasteiger partial charge is 0.354 e. The quantitative estimate of drug-likeness (QED) is 0.885. The van der Waals surface area contributed by atoms with Crippen molar-refractivity contribution in [3.63, 3.8) is 0 Å². The molecule has 20 heavy (non-hydrogen) atoms. The molecule has 5 nitrogen and oxygen atoms in total. The molecule has 104 valence electrons. The summed E-state index contributed by atoms with van der Waals surface area (Å²) in [6.07, 6.45) is 2.37. The Morgan fingerprint density at radius 3 is 2.65 bits per heavy atom. The fourth-order valence-electron chi connectivity index (χ4n) is 1.61. The number of carboxylic acids is 1. The fourth-order valence-corrected chi connectivity index (χ4v) is 2.48. The average Bonchev–Trinajstić information content (AvgIpc) is 2.94. The van der Waals surface area contributed by atoms with Gasteiger partial charge in [-0.3, -0.25) is 4.79 Å². The molecular formula is C14H14N2O3S. The van der Waals surface area contributed by atoms with E-state index in [0.29, 0.717) is 11.4 Å². The minimum atomic E-state index is -1.06. The molecule has 2 N–H and O–H groups in total. The van der Waals surface area contributed by atoms with E-state index in [1.807, 2.05) is 19.1 Å². The number of carbonyl (C=O) groups is 2. The highest BCUT2D eigenvalue weighted by atomic mass is 32.1. The number of rotatable bonds is 5. The average molecular weight is 290 g/mol. The Morgan fingerprint density at radius 2 is 2.10 bits per heavy atom. The van der Waals surface area contributed by atoms with Crippen molar-refractivity contribution in [3.8, 4) is 0 Å². The highest BCUT2D eigenvalue weighted by Gasteiger charge is 2.09. The maximum absolute atomic E-state index is 11.9. The zero-order valence-electron chi connectivity index (χ0n) is 10.9. The third kappa shape index (κ3) is 3.42. The molecule has 0 unspecified atom stereocenters. The highest BCUT2D eigenvalue weighted by molar-refractivity contribution is 7.14. The van der Waals surface area contributed by atoms with Gasteiger partial charge in [-0.2, -0.15) is 0 Å². The number of thiophene rings is 1. The summed E-state index contributed by atoms with van der Waals surface area (Å²) >= 11 is 1.48. The standard InChI is InChI=1S/C14H14N2O3S/c1-2-10-4-6-12(20-10)13(17)16-8-9-3-5-11(14(18)19)15-7-9/h3-7H,2,8H2,1H3,(H,16,17)(H,18,19). The minimum absolute atomic E-state index is 0.00841. The second-order valence-electron chi connectivity index (χ2n) is 4.16. The Balaban J connectivity index is 1.94. The van der Waals surface area contributed by atoms with Gasteiger partial charge in [0.05, 0.1) is 4.88 Å². The van der Waals surface area contributed by atoms with Gasteiger partial charge in [-0.1, -0.05) is 13.0 Å². The lowest BCUT2D eigenvalue weighted by Crippen LogP contribution is -2.21. The van der Waals surface area contributed by atoms with E-state index in [1.54, 1.807) is 6.07 Å². The number of amides is 1. The van der Waals surface area contributed by atoms with Crippen molar-refractivity contribution in [2.45, 2.75) is 19.9 Å². The second-order valence-corrected chi connectivity index (χ2v) is 5.33. The largest absolute Gasteiger partial charge is 0.477 e. The molecule has 0 radical (unpaired) electrons. The number of aromatic nitrogens is 1. The van der Waals surface area contributed by atoms with Gasteiger partial charge in [0.25, 0.3) is 5.91 Å². The molecule has 0 bridgehead atoms. The SMILES string of the molecule is CCc1ccc(C(=O)NCc2ccc(C(=O)O)nc2)s1. The highest BCUT2D eigenvalue weighted by Crippen LogP contribution is 2.16. The van der Waals surface area contributed by atoms with Crippen molar-refractivity contribution < 1.29 is 14.7 Å². The molecule has 0 atom stereocenters. The number of aromatic carboxylic acids is 1. The molecule has 0 aliphatic heterocycles. The van der Waals surface area contributed by atoms with Crippen LogP contribution in [0.5, 0.6) is 0 Å². The number of nitrogens with one attached hydrogen (secondary N) is 1. The molecule has 1 amide bonds. The van der Waals surface area contributed by atoms with E-state index in [9.17, 15) is 9.59 Å². The van der Waals surface area contributed by atoms with Crippen molar-refractivity contribution in [1.82, 2.24) is 10.3 Å². The third-order valence-electron chi connectivity index (χ3n) is 2.73. The number of nitrogens with zero attached hydrogens (tertiary/aromatic N) is 1. The van der Waals surface area contributed by atoms with Crippen LogP contribution in [0.25, 0.3) is 0 Å². The van der Waals surface area contributed by atoms with Crippen LogP contribution in [-0.2, 0) is 13.0 Å². The number of carboxylic acid groups (broad SMARTS) is 1. The molecule has 2 aromatic rings. The molecule has 2 heterocycles. The van der Waals surface area contributed by atoms with E-state index >= 15 is 0 Å². The number of carbonyl (C=O) groups excluding carboxylic acids is 1. The number of hydrogen-bond acceptors (Lipinski definition) is 4. The van der Waals surface area contributed by atoms with Crippen LogP contribution in [0.2, 0.25) is 0 Å². The topological polar surface area (TPSA) is 79.3 Å². The fraction of sp³-hybridized carbons (Fsp3) is 0.214. The van der Waals surface area contributed by atoms with Crippen LogP contribution < -0.4 is 5.32 Å². The van der Waals surface area contributed by atoms with Crippen LogP contribution in [0.15, 0.2) is 30.5 Å². The molecule has 6 heteroatoms. The van der Waals surface area contributed by atoms with E-state index in [4.69, 9.17) is 5.11 Å². The van der Waals surface area contributed by atoms with Crippen LogP contribution >= 0.6 is 11.3 Å². The first-order chi connectivity index (χ1) is 9.60. The normalized spacial score (nSPS) is 10.2. The van der Waals surface area contributed by atoms with E-state index in [-0.39, 0.29) is 11.6 Å². The first kappa shape index (κ1) is 14.2. The van der Waals surface area contributed by atoms with Gasteiger partial charge in [-0.15, -0.1) is 11.3 Å². The lowest BCUT2D eigenvalue weighted by molar-refractivity contribution is 0.0690. The maximum Gasteiger partial charge on any atom is 0.354 e. The van der Waals surface area contributed by atoms with E-state index in [1.165, 1.54) is 28.5 Å². The van der Waals surface area contributed by atoms with Gasteiger partial charge in [0.1, 0.15) is 5.69 Å². The molecule has 0 spiro atoms. The molecular weight excluding hydrogens is 276 g/mol. The molecule has 0 aliphatic rings. The van der Waals surface area contributed by atoms with Gasteiger partial charge in [0.15, 0.2) is 0 Å². The Bertz CT molecular complexity index is 620. The second kappa shape index (κ2) is 6.29. The van der Waals surface area contributed by atoms with Crippen molar-refractivity contribution in [3.05, 3.63) is 51.5 Å². The molecule has 0 aromatic carbocycles. The van der Waals surface area contributed by atoms with Crippen molar-refractivity contribution >= 4 is 23.2 Å².